The summed E-state index contributed by atoms with van der Waals surface area (Å²) in [5.41, 5.74) is 10.7. The lowest BCUT2D eigenvalue weighted by Gasteiger charge is -2.13. The maximum atomic E-state index is 5.37. The summed E-state index contributed by atoms with van der Waals surface area (Å²) in [5, 5.41) is 4.90. The number of benzene rings is 7. The summed E-state index contributed by atoms with van der Waals surface area (Å²) in [5.74, 6) is 0.651. The molecule has 0 spiro atoms. The van der Waals surface area contributed by atoms with Crippen molar-refractivity contribution < 1.29 is 0 Å². The van der Waals surface area contributed by atoms with Gasteiger partial charge in [0.05, 0.1) is 22.4 Å². The van der Waals surface area contributed by atoms with Gasteiger partial charge in [-0.3, -0.25) is 4.57 Å². The van der Waals surface area contributed by atoms with Crippen molar-refractivity contribution in [1.82, 2.24) is 14.5 Å². The molecule has 0 unspecified atom stereocenters. The van der Waals surface area contributed by atoms with Gasteiger partial charge in [0.25, 0.3) is 0 Å². The van der Waals surface area contributed by atoms with E-state index in [1.807, 2.05) is 17.4 Å². The average molecular weight is 656 g/mol. The van der Waals surface area contributed by atoms with Crippen LogP contribution in [0.4, 0.5) is 0 Å². The molecule has 50 heavy (non-hydrogen) atoms. The molecule has 234 valence electrons. The molecule has 0 radical (unpaired) electrons. The van der Waals surface area contributed by atoms with Crippen LogP contribution in [0, 0.1) is 0 Å². The third-order valence-corrected chi connectivity index (χ3v) is 10.8. The van der Waals surface area contributed by atoms with Crippen LogP contribution in [0.5, 0.6) is 0 Å². The predicted molar refractivity (Wildman–Crippen MR) is 211 cm³/mol. The number of fused-ring (bicyclic) bond motifs is 6. The monoisotopic (exact) mass is 655 g/mol. The summed E-state index contributed by atoms with van der Waals surface area (Å²) >= 11 is 1.85. The standard InChI is InChI=1S/C46H29N3S/c1-4-13-30(14-5-1)33-19-12-20-35(25-33)41-29-40(32-17-8-3-9-18-32)47-46(48-41)49-42-24-23-34(31-15-6-2-7-16-31)26-37(42)38-28-45-39(27-43(38)49)36-21-10-11-22-44(36)50-45/h1-29H. The second-order valence-electron chi connectivity index (χ2n) is 12.6. The van der Waals surface area contributed by atoms with E-state index < -0.39 is 0 Å². The Morgan fingerprint density at radius 1 is 0.340 bits per heavy atom. The molecule has 10 rings (SSSR count). The van der Waals surface area contributed by atoms with E-state index in [0.717, 1.165) is 39.1 Å². The maximum Gasteiger partial charge on any atom is 0.235 e. The van der Waals surface area contributed by atoms with E-state index in [2.05, 4.69) is 174 Å². The van der Waals surface area contributed by atoms with Gasteiger partial charge in [-0.05, 0) is 64.7 Å². The summed E-state index contributed by atoms with van der Waals surface area (Å²) in [6.07, 6.45) is 0. The van der Waals surface area contributed by atoms with Gasteiger partial charge < -0.3 is 0 Å². The van der Waals surface area contributed by atoms with E-state index in [9.17, 15) is 0 Å². The smallest absolute Gasteiger partial charge is 0.235 e. The summed E-state index contributed by atoms with van der Waals surface area (Å²) in [6, 6.07) is 62.5. The van der Waals surface area contributed by atoms with Crippen molar-refractivity contribution in [3.8, 4) is 50.7 Å². The minimum atomic E-state index is 0.651. The van der Waals surface area contributed by atoms with Gasteiger partial charge in [-0.25, -0.2) is 9.97 Å². The highest BCUT2D eigenvalue weighted by atomic mass is 32.1. The fourth-order valence-corrected chi connectivity index (χ4v) is 8.32. The van der Waals surface area contributed by atoms with Crippen LogP contribution in [0.15, 0.2) is 176 Å². The minimum Gasteiger partial charge on any atom is -0.278 e. The highest BCUT2D eigenvalue weighted by Crippen LogP contribution is 2.41. The van der Waals surface area contributed by atoms with Gasteiger partial charge in [0, 0.05) is 42.1 Å². The van der Waals surface area contributed by atoms with Gasteiger partial charge in [-0.2, -0.15) is 0 Å². The topological polar surface area (TPSA) is 30.7 Å². The third-order valence-electron chi connectivity index (χ3n) is 9.62. The lowest BCUT2D eigenvalue weighted by atomic mass is 10.0. The van der Waals surface area contributed by atoms with E-state index in [-0.39, 0.29) is 0 Å². The number of thiophene rings is 1. The van der Waals surface area contributed by atoms with Crippen LogP contribution in [0.25, 0.3) is 92.7 Å². The molecule has 7 aromatic carbocycles. The number of nitrogens with zero attached hydrogens (tertiary/aromatic N) is 3. The van der Waals surface area contributed by atoms with Crippen LogP contribution in [0.2, 0.25) is 0 Å². The molecule has 3 nitrogen and oxygen atoms in total. The first-order valence-electron chi connectivity index (χ1n) is 16.8. The molecule has 0 atom stereocenters. The molecule has 0 saturated heterocycles. The second kappa shape index (κ2) is 11.7. The zero-order valence-electron chi connectivity index (χ0n) is 27.0. The summed E-state index contributed by atoms with van der Waals surface area (Å²) in [6.45, 7) is 0. The van der Waals surface area contributed by atoms with Crippen LogP contribution < -0.4 is 0 Å². The molecule has 0 aliphatic carbocycles. The molecule has 0 fully saturated rings. The van der Waals surface area contributed by atoms with Crippen molar-refractivity contribution in [2.45, 2.75) is 0 Å². The normalized spacial score (nSPS) is 11.6. The predicted octanol–water partition coefficient (Wildman–Crippen LogP) is 12.6. The van der Waals surface area contributed by atoms with Crippen molar-refractivity contribution in [2.75, 3.05) is 0 Å². The number of hydrogen-bond acceptors (Lipinski definition) is 3. The van der Waals surface area contributed by atoms with E-state index >= 15 is 0 Å². The number of rotatable bonds is 5. The number of hydrogen-bond donors (Lipinski definition) is 0. The lowest BCUT2D eigenvalue weighted by Crippen LogP contribution is -2.04. The van der Waals surface area contributed by atoms with Crippen LogP contribution in [0.1, 0.15) is 0 Å². The third kappa shape index (κ3) is 4.80. The van der Waals surface area contributed by atoms with E-state index in [0.29, 0.717) is 5.95 Å². The zero-order chi connectivity index (χ0) is 33.0. The minimum absolute atomic E-state index is 0.651. The molecule has 0 amide bonds. The zero-order valence-corrected chi connectivity index (χ0v) is 27.8. The fourth-order valence-electron chi connectivity index (χ4n) is 7.19. The molecule has 0 aliphatic rings. The molecule has 0 aliphatic heterocycles. The van der Waals surface area contributed by atoms with Crippen LogP contribution in [0.3, 0.4) is 0 Å². The van der Waals surface area contributed by atoms with Gasteiger partial charge in [0.15, 0.2) is 0 Å². The van der Waals surface area contributed by atoms with Gasteiger partial charge in [0.1, 0.15) is 0 Å². The first-order chi connectivity index (χ1) is 24.8. The average Bonchev–Trinajstić information content (AvgIpc) is 3.72. The van der Waals surface area contributed by atoms with Gasteiger partial charge in [0.2, 0.25) is 5.95 Å². The quantitative estimate of drug-likeness (QED) is 0.185. The van der Waals surface area contributed by atoms with Crippen LogP contribution in [-0.4, -0.2) is 14.5 Å². The largest absolute Gasteiger partial charge is 0.278 e. The van der Waals surface area contributed by atoms with Crippen molar-refractivity contribution in [3.05, 3.63) is 176 Å². The first-order valence-corrected chi connectivity index (χ1v) is 17.6. The van der Waals surface area contributed by atoms with Crippen LogP contribution in [-0.2, 0) is 0 Å². The van der Waals surface area contributed by atoms with Crippen molar-refractivity contribution in [3.63, 3.8) is 0 Å². The SMILES string of the molecule is c1ccc(-c2cccc(-c3cc(-c4ccccc4)nc(-n4c5ccc(-c6ccccc6)cc5c5cc6sc7ccccc7c6cc54)n3)c2)cc1. The van der Waals surface area contributed by atoms with Gasteiger partial charge in [-0.1, -0.05) is 133 Å². The Hall–Kier alpha value is -6.36. The molecule has 0 saturated carbocycles. The molecule has 0 N–H and O–H groups in total. The first kappa shape index (κ1) is 28.6. The van der Waals surface area contributed by atoms with E-state index in [1.54, 1.807) is 0 Å². The van der Waals surface area contributed by atoms with Gasteiger partial charge >= 0.3 is 0 Å². The van der Waals surface area contributed by atoms with E-state index in [4.69, 9.17) is 9.97 Å². The summed E-state index contributed by atoms with van der Waals surface area (Å²) in [7, 11) is 0. The summed E-state index contributed by atoms with van der Waals surface area (Å²) in [4.78, 5) is 10.7. The Morgan fingerprint density at radius 2 is 0.920 bits per heavy atom. The molecule has 3 aromatic heterocycles. The Labute approximate surface area is 293 Å². The highest BCUT2D eigenvalue weighted by molar-refractivity contribution is 7.25. The second-order valence-corrected chi connectivity index (χ2v) is 13.7. The molecule has 10 aromatic rings. The van der Waals surface area contributed by atoms with Crippen LogP contribution >= 0.6 is 11.3 Å². The molecular formula is C46H29N3S. The summed E-state index contributed by atoms with van der Waals surface area (Å²) < 4.78 is 4.83. The Bertz CT molecular complexity index is 2850. The molecule has 4 heteroatoms. The van der Waals surface area contributed by atoms with Gasteiger partial charge in [-0.15, -0.1) is 11.3 Å². The fraction of sp³-hybridized carbons (Fsp3) is 0. The lowest BCUT2D eigenvalue weighted by molar-refractivity contribution is 0.996. The molecule has 3 heterocycles. The van der Waals surface area contributed by atoms with Crippen molar-refractivity contribution >= 4 is 53.3 Å². The van der Waals surface area contributed by atoms with E-state index in [1.165, 1.54) is 47.6 Å². The Balaban J connectivity index is 1.27. The van der Waals surface area contributed by atoms with Crippen molar-refractivity contribution in [2.24, 2.45) is 0 Å². The Kier molecular flexibility index (Phi) is 6.68. The Morgan fingerprint density at radius 3 is 1.66 bits per heavy atom. The molecule has 0 bridgehead atoms. The molecular weight excluding hydrogens is 627 g/mol. The highest BCUT2D eigenvalue weighted by Gasteiger charge is 2.20. The number of aromatic nitrogens is 3. The van der Waals surface area contributed by atoms with Crippen molar-refractivity contribution in [1.29, 1.82) is 0 Å². The maximum absolute atomic E-state index is 5.37.